The molecule has 5 nitrogen and oxygen atoms in total. The maximum absolute atomic E-state index is 11.3. The predicted octanol–water partition coefficient (Wildman–Crippen LogP) is 2.89. The number of carboxylic acids is 1. The molecule has 0 bridgehead atoms. The van der Waals surface area contributed by atoms with Crippen molar-refractivity contribution in [1.82, 2.24) is 5.16 Å². The molecule has 1 aromatic heterocycles. The molecule has 19 heavy (non-hydrogen) atoms. The molecule has 0 aliphatic carbocycles. The van der Waals surface area contributed by atoms with Crippen molar-refractivity contribution >= 4 is 38.7 Å². The smallest absolute Gasteiger partial charge is 0.311 e. The van der Waals surface area contributed by atoms with Crippen LogP contribution in [0.3, 0.4) is 0 Å². The van der Waals surface area contributed by atoms with Gasteiger partial charge in [0, 0.05) is 17.6 Å². The molecule has 1 N–H and O–H groups in total. The van der Waals surface area contributed by atoms with Gasteiger partial charge in [-0.25, -0.2) is 0 Å². The van der Waals surface area contributed by atoms with E-state index in [-0.39, 0.29) is 0 Å². The van der Waals surface area contributed by atoms with Gasteiger partial charge in [0.2, 0.25) is 0 Å². The van der Waals surface area contributed by atoms with Gasteiger partial charge in [0.15, 0.2) is 11.4 Å². The Balaban J connectivity index is 1.98. The highest BCUT2D eigenvalue weighted by atomic mass is 79.9. The molecule has 2 aromatic rings. The van der Waals surface area contributed by atoms with Gasteiger partial charge in [-0.1, -0.05) is 21.1 Å². The van der Waals surface area contributed by atoms with E-state index in [1.807, 2.05) is 23.1 Å². The molecule has 2 heterocycles. The summed E-state index contributed by atoms with van der Waals surface area (Å²) in [5, 5.41) is 14.3. The van der Waals surface area contributed by atoms with Gasteiger partial charge in [-0.05, 0) is 31.5 Å². The highest BCUT2D eigenvalue weighted by Crippen LogP contribution is 2.36. The molecule has 0 amide bonds. The normalized spacial score (nSPS) is 23.2. The molecular weight excluding hydrogens is 312 g/mol. The van der Waals surface area contributed by atoms with Crippen LogP contribution in [0.2, 0.25) is 0 Å². The van der Waals surface area contributed by atoms with Gasteiger partial charge in [-0.2, -0.15) is 0 Å². The first-order valence-electron chi connectivity index (χ1n) is 6.03. The van der Waals surface area contributed by atoms with Gasteiger partial charge in [-0.15, -0.1) is 0 Å². The third-order valence-corrected chi connectivity index (χ3v) is 4.20. The van der Waals surface area contributed by atoms with Crippen LogP contribution in [0.5, 0.6) is 0 Å². The SMILES string of the molecule is CC1(C(=O)O)CCN(c2noc3ccc(Br)cc23)C1. The number of nitrogens with zero attached hydrogens (tertiary/aromatic N) is 2. The maximum atomic E-state index is 11.3. The molecule has 1 unspecified atom stereocenters. The summed E-state index contributed by atoms with van der Waals surface area (Å²) in [4.78, 5) is 13.3. The van der Waals surface area contributed by atoms with E-state index < -0.39 is 11.4 Å². The van der Waals surface area contributed by atoms with Crippen molar-refractivity contribution in [3.05, 3.63) is 22.7 Å². The fourth-order valence-corrected chi connectivity index (χ4v) is 2.80. The van der Waals surface area contributed by atoms with Crippen LogP contribution >= 0.6 is 15.9 Å². The minimum atomic E-state index is -0.760. The molecule has 0 radical (unpaired) electrons. The Morgan fingerprint density at radius 2 is 2.37 bits per heavy atom. The van der Waals surface area contributed by atoms with Crippen molar-refractivity contribution < 1.29 is 14.4 Å². The van der Waals surface area contributed by atoms with Crippen molar-refractivity contribution in [2.75, 3.05) is 18.0 Å². The standard InChI is InChI=1S/C13H13BrN2O3/c1-13(12(17)18)4-5-16(7-13)11-9-6-8(14)2-3-10(9)19-15-11/h2-3,6H,4-5,7H2,1H3,(H,17,18). The Kier molecular flexibility index (Phi) is 2.78. The molecule has 1 saturated heterocycles. The van der Waals surface area contributed by atoms with E-state index in [0.717, 1.165) is 15.7 Å². The zero-order valence-corrected chi connectivity index (χ0v) is 12.0. The monoisotopic (exact) mass is 324 g/mol. The second-order valence-corrected chi connectivity index (χ2v) is 6.10. The number of halogens is 1. The average Bonchev–Trinajstić information content (AvgIpc) is 2.93. The maximum Gasteiger partial charge on any atom is 0.311 e. The summed E-state index contributed by atoms with van der Waals surface area (Å²) in [6, 6.07) is 5.68. The van der Waals surface area contributed by atoms with E-state index >= 15 is 0 Å². The zero-order valence-electron chi connectivity index (χ0n) is 10.4. The summed E-state index contributed by atoms with van der Waals surface area (Å²) >= 11 is 3.42. The number of hydrogen-bond donors (Lipinski definition) is 1. The molecule has 0 saturated carbocycles. The topological polar surface area (TPSA) is 66.6 Å². The van der Waals surface area contributed by atoms with Crippen LogP contribution in [-0.2, 0) is 4.79 Å². The first-order valence-corrected chi connectivity index (χ1v) is 6.82. The predicted molar refractivity (Wildman–Crippen MR) is 74.3 cm³/mol. The molecule has 1 atom stereocenters. The van der Waals surface area contributed by atoms with Crippen molar-refractivity contribution in [3.8, 4) is 0 Å². The van der Waals surface area contributed by atoms with Gasteiger partial charge >= 0.3 is 5.97 Å². The Morgan fingerprint density at radius 1 is 1.58 bits per heavy atom. The summed E-state index contributed by atoms with van der Waals surface area (Å²) in [6.45, 7) is 2.90. The molecule has 6 heteroatoms. The van der Waals surface area contributed by atoms with Gasteiger partial charge in [-0.3, -0.25) is 4.79 Å². The number of anilines is 1. The van der Waals surface area contributed by atoms with E-state index in [4.69, 9.17) is 4.52 Å². The van der Waals surface area contributed by atoms with E-state index in [0.29, 0.717) is 25.1 Å². The van der Waals surface area contributed by atoms with Crippen LogP contribution in [0.4, 0.5) is 5.82 Å². The summed E-state index contributed by atoms with van der Waals surface area (Å²) < 4.78 is 6.23. The van der Waals surface area contributed by atoms with Crippen molar-refractivity contribution in [2.24, 2.45) is 5.41 Å². The van der Waals surface area contributed by atoms with E-state index in [9.17, 15) is 9.90 Å². The van der Waals surface area contributed by atoms with Gasteiger partial charge in [0.05, 0.1) is 10.8 Å². The number of fused-ring (bicyclic) bond motifs is 1. The number of benzene rings is 1. The third kappa shape index (κ3) is 2.00. The Bertz CT molecular complexity index is 654. The minimum absolute atomic E-state index is 0.455. The van der Waals surface area contributed by atoms with Crippen LogP contribution in [0, 0.1) is 5.41 Å². The summed E-state index contributed by atoms with van der Waals surface area (Å²) in [7, 11) is 0. The van der Waals surface area contributed by atoms with E-state index in [2.05, 4.69) is 21.1 Å². The van der Waals surface area contributed by atoms with Crippen LogP contribution in [0.15, 0.2) is 27.2 Å². The number of carboxylic acid groups (broad SMARTS) is 1. The summed E-state index contributed by atoms with van der Waals surface area (Å²) in [6.07, 6.45) is 0.616. The fraction of sp³-hybridized carbons (Fsp3) is 0.385. The number of aromatic nitrogens is 1. The Morgan fingerprint density at radius 3 is 3.05 bits per heavy atom. The molecule has 3 rings (SSSR count). The molecule has 1 fully saturated rings. The Hall–Kier alpha value is -1.56. The zero-order chi connectivity index (χ0) is 13.6. The van der Waals surface area contributed by atoms with Gasteiger partial charge in [0.1, 0.15) is 0 Å². The average molecular weight is 325 g/mol. The molecular formula is C13H13BrN2O3. The largest absolute Gasteiger partial charge is 0.481 e. The lowest BCUT2D eigenvalue weighted by Crippen LogP contribution is -2.31. The van der Waals surface area contributed by atoms with Crippen LogP contribution < -0.4 is 4.90 Å². The summed E-state index contributed by atoms with van der Waals surface area (Å²) in [5.74, 6) is -0.0368. The molecule has 1 aliphatic heterocycles. The van der Waals surface area contributed by atoms with Gasteiger partial charge < -0.3 is 14.5 Å². The number of carbonyl (C=O) groups is 1. The molecule has 1 aromatic carbocycles. The number of aliphatic carboxylic acids is 1. The number of hydrogen-bond acceptors (Lipinski definition) is 4. The van der Waals surface area contributed by atoms with Crippen LogP contribution in [0.1, 0.15) is 13.3 Å². The quantitative estimate of drug-likeness (QED) is 0.920. The van der Waals surface area contributed by atoms with E-state index in [1.165, 1.54) is 0 Å². The third-order valence-electron chi connectivity index (χ3n) is 3.70. The van der Waals surface area contributed by atoms with E-state index in [1.54, 1.807) is 6.92 Å². The Labute approximate surface area is 118 Å². The van der Waals surface area contributed by atoms with Crippen molar-refractivity contribution in [1.29, 1.82) is 0 Å². The van der Waals surface area contributed by atoms with Crippen LogP contribution in [-0.4, -0.2) is 29.3 Å². The second kappa shape index (κ2) is 4.23. The molecule has 0 spiro atoms. The minimum Gasteiger partial charge on any atom is -0.481 e. The second-order valence-electron chi connectivity index (χ2n) is 5.18. The number of rotatable bonds is 2. The first kappa shape index (κ1) is 12.5. The first-order chi connectivity index (χ1) is 8.99. The fourth-order valence-electron chi connectivity index (χ4n) is 2.44. The van der Waals surface area contributed by atoms with Crippen LogP contribution in [0.25, 0.3) is 11.0 Å². The lowest BCUT2D eigenvalue weighted by Gasteiger charge is -2.19. The van der Waals surface area contributed by atoms with Crippen molar-refractivity contribution in [3.63, 3.8) is 0 Å². The lowest BCUT2D eigenvalue weighted by molar-refractivity contribution is -0.146. The molecule has 100 valence electrons. The highest BCUT2D eigenvalue weighted by molar-refractivity contribution is 9.10. The molecule has 1 aliphatic rings. The van der Waals surface area contributed by atoms with Gasteiger partial charge in [0.25, 0.3) is 0 Å². The lowest BCUT2D eigenvalue weighted by atomic mass is 9.90. The highest BCUT2D eigenvalue weighted by Gasteiger charge is 2.41. The summed E-state index contributed by atoms with van der Waals surface area (Å²) in [5.41, 5.74) is -0.000722. The van der Waals surface area contributed by atoms with Crippen molar-refractivity contribution in [2.45, 2.75) is 13.3 Å².